The molecule has 1 aromatic heterocycles. The van der Waals surface area contributed by atoms with Crippen LogP contribution in [0, 0.1) is 0 Å². The van der Waals surface area contributed by atoms with Crippen LogP contribution in [0.25, 0.3) is 0 Å². The first-order chi connectivity index (χ1) is 8.15. The molecule has 1 heterocycles. The Balaban J connectivity index is 1.90. The maximum atomic E-state index is 6.09. The molecular formula is C11H11Cl2N3S. The minimum atomic E-state index is 0.518. The van der Waals surface area contributed by atoms with Crippen molar-refractivity contribution in [3.63, 3.8) is 0 Å². The molecule has 2 rings (SSSR count). The van der Waals surface area contributed by atoms with Crippen LogP contribution in [0.3, 0.4) is 0 Å². The summed E-state index contributed by atoms with van der Waals surface area (Å²) in [5.74, 6) is 0. The highest BCUT2D eigenvalue weighted by Crippen LogP contribution is 2.23. The maximum Gasteiger partial charge on any atom is 0.203 e. The fourth-order valence-electron chi connectivity index (χ4n) is 1.52. The number of rotatable bonds is 4. The summed E-state index contributed by atoms with van der Waals surface area (Å²) >= 11 is 13.4. The smallest absolute Gasteiger partial charge is 0.203 e. The number of nitrogen functional groups attached to an aromatic ring is 1. The normalized spacial score (nSPS) is 10.7. The number of hydrogen-bond acceptors (Lipinski definition) is 4. The Bertz CT molecular complexity index is 513. The SMILES string of the molecule is Nc1nnc(CCCc2ccc(Cl)cc2Cl)s1. The molecule has 0 aliphatic carbocycles. The third-order valence-electron chi connectivity index (χ3n) is 2.33. The second-order valence-electron chi connectivity index (χ2n) is 3.62. The number of nitrogens with zero attached hydrogens (tertiary/aromatic N) is 2. The van der Waals surface area contributed by atoms with Crippen LogP contribution in [-0.2, 0) is 12.8 Å². The van der Waals surface area contributed by atoms with Gasteiger partial charge in [-0.3, -0.25) is 0 Å². The number of anilines is 1. The van der Waals surface area contributed by atoms with E-state index in [-0.39, 0.29) is 0 Å². The van der Waals surface area contributed by atoms with Gasteiger partial charge in [-0.1, -0.05) is 40.6 Å². The summed E-state index contributed by atoms with van der Waals surface area (Å²) in [5, 5.41) is 10.6. The molecule has 0 atom stereocenters. The molecule has 3 nitrogen and oxygen atoms in total. The molecule has 90 valence electrons. The fourth-order valence-corrected chi connectivity index (χ4v) is 2.68. The van der Waals surface area contributed by atoms with Crippen LogP contribution in [-0.4, -0.2) is 10.2 Å². The molecule has 0 bridgehead atoms. The summed E-state index contributed by atoms with van der Waals surface area (Å²) in [6.45, 7) is 0. The molecule has 2 aromatic rings. The van der Waals surface area contributed by atoms with Crippen molar-refractivity contribution in [1.82, 2.24) is 10.2 Å². The Labute approximate surface area is 114 Å². The van der Waals surface area contributed by atoms with Gasteiger partial charge in [0.1, 0.15) is 5.01 Å². The van der Waals surface area contributed by atoms with Gasteiger partial charge in [0.2, 0.25) is 5.13 Å². The Hall–Kier alpha value is -0.840. The van der Waals surface area contributed by atoms with E-state index in [1.807, 2.05) is 12.1 Å². The zero-order valence-corrected chi connectivity index (χ0v) is 11.3. The molecule has 0 saturated carbocycles. The number of benzene rings is 1. The van der Waals surface area contributed by atoms with E-state index in [1.165, 1.54) is 11.3 Å². The Morgan fingerprint density at radius 2 is 2.00 bits per heavy atom. The van der Waals surface area contributed by atoms with Crippen molar-refractivity contribution < 1.29 is 0 Å². The zero-order chi connectivity index (χ0) is 12.3. The standard InChI is InChI=1S/C11H11Cl2N3S/c12-8-5-4-7(9(13)6-8)2-1-3-10-15-16-11(14)17-10/h4-6H,1-3H2,(H2,14,16). The summed E-state index contributed by atoms with van der Waals surface area (Å²) in [4.78, 5) is 0. The number of halogens is 2. The monoisotopic (exact) mass is 287 g/mol. The minimum Gasteiger partial charge on any atom is -0.374 e. The van der Waals surface area contributed by atoms with Crippen LogP contribution in [0.2, 0.25) is 10.0 Å². The highest BCUT2D eigenvalue weighted by atomic mass is 35.5. The predicted octanol–water partition coefficient (Wildman–Crippen LogP) is 3.60. The second-order valence-corrected chi connectivity index (χ2v) is 5.56. The lowest BCUT2D eigenvalue weighted by molar-refractivity contribution is 0.802. The first kappa shape index (κ1) is 12.6. The van der Waals surface area contributed by atoms with Crippen LogP contribution in [0.4, 0.5) is 5.13 Å². The third-order valence-corrected chi connectivity index (χ3v) is 3.73. The van der Waals surface area contributed by atoms with Gasteiger partial charge >= 0.3 is 0 Å². The van der Waals surface area contributed by atoms with Crippen LogP contribution in [0.15, 0.2) is 18.2 Å². The van der Waals surface area contributed by atoms with Gasteiger partial charge in [-0.05, 0) is 30.5 Å². The summed E-state index contributed by atoms with van der Waals surface area (Å²) in [6, 6.07) is 5.58. The van der Waals surface area contributed by atoms with Gasteiger partial charge in [0, 0.05) is 16.5 Å². The molecule has 1 aromatic carbocycles. The van der Waals surface area contributed by atoms with E-state index < -0.39 is 0 Å². The van der Waals surface area contributed by atoms with Gasteiger partial charge in [-0.2, -0.15) is 0 Å². The molecule has 0 fully saturated rings. The lowest BCUT2D eigenvalue weighted by Crippen LogP contribution is -1.91. The lowest BCUT2D eigenvalue weighted by atomic mass is 10.1. The van der Waals surface area contributed by atoms with E-state index >= 15 is 0 Å². The van der Waals surface area contributed by atoms with Crippen molar-refractivity contribution in [2.45, 2.75) is 19.3 Å². The topological polar surface area (TPSA) is 51.8 Å². The Kier molecular flexibility index (Phi) is 4.20. The van der Waals surface area contributed by atoms with Gasteiger partial charge in [0.25, 0.3) is 0 Å². The van der Waals surface area contributed by atoms with E-state index in [9.17, 15) is 0 Å². The molecule has 6 heteroatoms. The number of aromatic nitrogens is 2. The summed E-state index contributed by atoms with van der Waals surface area (Å²) < 4.78 is 0. The van der Waals surface area contributed by atoms with E-state index in [1.54, 1.807) is 6.07 Å². The molecule has 0 saturated heterocycles. The van der Waals surface area contributed by atoms with Crippen molar-refractivity contribution in [3.05, 3.63) is 38.8 Å². The second kappa shape index (κ2) is 5.67. The van der Waals surface area contributed by atoms with Crippen LogP contribution >= 0.6 is 34.5 Å². The van der Waals surface area contributed by atoms with Crippen LogP contribution < -0.4 is 5.73 Å². The lowest BCUT2D eigenvalue weighted by Gasteiger charge is -2.03. The average molecular weight is 288 g/mol. The molecular weight excluding hydrogens is 277 g/mol. The van der Waals surface area contributed by atoms with Crippen molar-refractivity contribution in [2.24, 2.45) is 0 Å². The highest BCUT2D eigenvalue weighted by molar-refractivity contribution is 7.15. The Morgan fingerprint density at radius 1 is 1.18 bits per heavy atom. The van der Waals surface area contributed by atoms with E-state index in [4.69, 9.17) is 28.9 Å². The average Bonchev–Trinajstić information content (AvgIpc) is 2.68. The van der Waals surface area contributed by atoms with Crippen molar-refractivity contribution >= 4 is 39.7 Å². The van der Waals surface area contributed by atoms with Gasteiger partial charge in [-0.15, -0.1) is 10.2 Å². The molecule has 0 radical (unpaired) electrons. The molecule has 0 aliphatic heterocycles. The molecule has 0 aliphatic rings. The van der Waals surface area contributed by atoms with Crippen LogP contribution in [0.1, 0.15) is 17.0 Å². The van der Waals surface area contributed by atoms with E-state index in [2.05, 4.69) is 10.2 Å². The number of nitrogens with two attached hydrogens (primary N) is 1. The molecule has 0 spiro atoms. The van der Waals surface area contributed by atoms with Crippen molar-refractivity contribution in [3.8, 4) is 0 Å². The zero-order valence-electron chi connectivity index (χ0n) is 8.99. The molecule has 17 heavy (non-hydrogen) atoms. The summed E-state index contributed by atoms with van der Waals surface area (Å²) in [5.41, 5.74) is 6.62. The number of aryl methyl sites for hydroxylation is 2. The maximum absolute atomic E-state index is 6.09. The minimum absolute atomic E-state index is 0.518. The molecule has 0 unspecified atom stereocenters. The number of hydrogen-bond donors (Lipinski definition) is 1. The summed E-state index contributed by atoms with van der Waals surface area (Å²) in [7, 11) is 0. The first-order valence-electron chi connectivity index (χ1n) is 5.17. The van der Waals surface area contributed by atoms with Crippen molar-refractivity contribution in [1.29, 1.82) is 0 Å². The van der Waals surface area contributed by atoms with Crippen molar-refractivity contribution in [2.75, 3.05) is 5.73 Å². The van der Waals surface area contributed by atoms with Gasteiger partial charge in [0.05, 0.1) is 0 Å². The third kappa shape index (κ3) is 3.56. The highest BCUT2D eigenvalue weighted by Gasteiger charge is 2.04. The van der Waals surface area contributed by atoms with Gasteiger partial charge in [-0.25, -0.2) is 0 Å². The molecule has 0 amide bonds. The van der Waals surface area contributed by atoms with Gasteiger partial charge < -0.3 is 5.73 Å². The van der Waals surface area contributed by atoms with E-state index in [0.717, 1.165) is 29.8 Å². The predicted molar refractivity (Wildman–Crippen MR) is 72.8 cm³/mol. The van der Waals surface area contributed by atoms with Crippen LogP contribution in [0.5, 0.6) is 0 Å². The largest absolute Gasteiger partial charge is 0.374 e. The fraction of sp³-hybridized carbons (Fsp3) is 0.273. The van der Waals surface area contributed by atoms with Gasteiger partial charge in [0.15, 0.2) is 0 Å². The quantitative estimate of drug-likeness (QED) is 0.935. The summed E-state index contributed by atoms with van der Waals surface area (Å²) in [6.07, 6.45) is 2.74. The molecule has 2 N–H and O–H groups in total. The van der Waals surface area contributed by atoms with E-state index in [0.29, 0.717) is 15.2 Å². The Morgan fingerprint density at radius 3 is 2.65 bits per heavy atom. The first-order valence-corrected chi connectivity index (χ1v) is 6.74.